The maximum absolute atomic E-state index is 13.4. The van der Waals surface area contributed by atoms with Crippen LogP contribution in [-0.2, 0) is 0 Å². The Labute approximate surface area is 207 Å². The highest BCUT2D eigenvalue weighted by Crippen LogP contribution is 2.33. The molecule has 5 rings (SSSR count). The van der Waals surface area contributed by atoms with Crippen LogP contribution in [0.1, 0.15) is 5.56 Å². The van der Waals surface area contributed by atoms with Gasteiger partial charge in [0.25, 0.3) is 5.56 Å². The monoisotopic (exact) mass is 537 g/mol. The smallest absolute Gasteiger partial charge is 0.282 e. The normalized spacial score (nSPS) is 11.5. The van der Waals surface area contributed by atoms with Crippen molar-refractivity contribution in [2.45, 2.75) is 0 Å². The van der Waals surface area contributed by atoms with E-state index in [-0.39, 0.29) is 11.4 Å². The number of hydrogen-bond acceptors (Lipinski definition) is 6. The van der Waals surface area contributed by atoms with Gasteiger partial charge in [-0.1, -0.05) is 23.7 Å². The molecule has 0 atom stereocenters. The number of rotatable bonds is 5. The second kappa shape index (κ2) is 8.96. The number of fused-ring (bicyclic) bond motifs is 2. The molecular weight excluding hydrogens is 522 g/mol. The van der Waals surface area contributed by atoms with E-state index in [4.69, 9.17) is 25.5 Å². The van der Waals surface area contributed by atoms with Gasteiger partial charge in [-0.25, -0.2) is 4.98 Å². The first-order valence-corrected chi connectivity index (χ1v) is 11.3. The van der Waals surface area contributed by atoms with E-state index in [0.717, 1.165) is 9.86 Å². The van der Waals surface area contributed by atoms with Crippen LogP contribution >= 0.6 is 27.5 Å². The number of aromatic nitrogens is 2. The minimum atomic E-state index is -0.327. The Morgan fingerprint density at radius 3 is 2.62 bits per heavy atom. The summed E-state index contributed by atoms with van der Waals surface area (Å²) in [6.45, 7) is 0. The van der Waals surface area contributed by atoms with Crippen molar-refractivity contribution < 1.29 is 13.9 Å². The van der Waals surface area contributed by atoms with Gasteiger partial charge in [0.15, 0.2) is 17.3 Å². The summed E-state index contributed by atoms with van der Waals surface area (Å²) in [5.74, 6) is 1.76. The number of hydrogen-bond donors (Lipinski definition) is 0. The maximum Gasteiger partial charge on any atom is 0.282 e. The number of halogens is 2. The molecule has 34 heavy (non-hydrogen) atoms. The van der Waals surface area contributed by atoms with Crippen molar-refractivity contribution in [3.05, 3.63) is 86.1 Å². The number of para-hydroxylation sites is 1. The van der Waals surface area contributed by atoms with Gasteiger partial charge in [-0.15, -0.1) is 0 Å². The van der Waals surface area contributed by atoms with Gasteiger partial charge in [0, 0.05) is 20.4 Å². The Bertz CT molecular complexity index is 1640. The Balaban J connectivity index is 1.71. The van der Waals surface area contributed by atoms with Gasteiger partial charge >= 0.3 is 0 Å². The summed E-state index contributed by atoms with van der Waals surface area (Å²) in [5.41, 5.74) is 1.52. The average Bonchev–Trinajstić information content (AvgIpc) is 3.26. The molecule has 3 aromatic carbocycles. The Kier molecular flexibility index (Phi) is 5.85. The lowest BCUT2D eigenvalue weighted by atomic mass is 10.2. The summed E-state index contributed by atoms with van der Waals surface area (Å²) in [7, 11) is 3.11. The lowest BCUT2D eigenvalue weighted by molar-refractivity contribution is 0.354. The molecule has 0 spiro atoms. The van der Waals surface area contributed by atoms with E-state index in [9.17, 15) is 4.79 Å². The van der Waals surface area contributed by atoms with E-state index in [1.54, 1.807) is 75.0 Å². The third-order valence-electron chi connectivity index (χ3n) is 5.27. The highest BCUT2D eigenvalue weighted by Gasteiger charge is 2.17. The Morgan fingerprint density at radius 2 is 1.82 bits per heavy atom. The molecule has 7 nitrogen and oxygen atoms in total. The zero-order valence-corrected chi connectivity index (χ0v) is 20.4. The Morgan fingerprint density at radius 1 is 1.06 bits per heavy atom. The third kappa shape index (κ3) is 3.95. The number of furan rings is 1. The molecule has 0 aliphatic carbocycles. The van der Waals surface area contributed by atoms with Crippen LogP contribution in [0.2, 0.25) is 5.02 Å². The average molecular weight is 539 g/mol. The van der Waals surface area contributed by atoms with Crippen LogP contribution in [0.3, 0.4) is 0 Å². The van der Waals surface area contributed by atoms with Crippen molar-refractivity contribution in [1.29, 1.82) is 0 Å². The molecule has 0 unspecified atom stereocenters. The largest absolute Gasteiger partial charge is 0.493 e. The van der Waals surface area contributed by atoms with E-state index in [1.807, 2.05) is 6.07 Å². The van der Waals surface area contributed by atoms with Crippen molar-refractivity contribution in [2.24, 2.45) is 5.10 Å². The predicted octanol–water partition coefficient (Wildman–Crippen LogP) is 6.13. The molecule has 0 saturated carbocycles. The molecule has 0 saturated heterocycles. The number of ether oxygens (including phenoxy) is 2. The van der Waals surface area contributed by atoms with Crippen LogP contribution in [0.5, 0.6) is 11.5 Å². The van der Waals surface area contributed by atoms with E-state index < -0.39 is 0 Å². The first kappa shape index (κ1) is 22.2. The van der Waals surface area contributed by atoms with Crippen molar-refractivity contribution in [3.8, 4) is 23.1 Å². The van der Waals surface area contributed by atoms with Crippen molar-refractivity contribution in [3.63, 3.8) is 0 Å². The van der Waals surface area contributed by atoms with Gasteiger partial charge < -0.3 is 13.9 Å². The summed E-state index contributed by atoms with van der Waals surface area (Å²) < 4.78 is 18.7. The summed E-state index contributed by atoms with van der Waals surface area (Å²) in [6.07, 6.45) is 1.55. The lowest BCUT2D eigenvalue weighted by Gasteiger charge is -2.10. The van der Waals surface area contributed by atoms with Crippen molar-refractivity contribution >= 4 is 55.6 Å². The number of nitrogens with zero attached hydrogens (tertiary/aromatic N) is 3. The second-order valence-electron chi connectivity index (χ2n) is 7.34. The zero-order chi connectivity index (χ0) is 23.8. The van der Waals surface area contributed by atoms with E-state index >= 15 is 0 Å². The van der Waals surface area contributed by atoms with Gasteiger partial charge in [0.2, 0.25) is 5.82 Å². The van der Waals surface area contributed by atoms with Crippen molar-refractivity contribution in [1.82, 2.24) is 9.66 Å². The molecule has 0 aliphatic heterocycles. The van der Waals surface area contributed by atoms with Crippen LogP contribution in [-0.4, -0.2) is 30.1 Å². The third-order valence-corrected chi connectivity index (χ3v) is 6.19. The summed E-state index contributed by atoms with van der Waals surface area (Å²) in [6, 6.07) is 17.7. The number of methoxy groups -OCH3 is 2. The molecule has 0 N–H and O–H groups in total. The van der Waals surface area contributed by atoms with Gasteiger partial charge in [-0.2, -0.15) is 9.78 Å². The van der Waals surface area contributed by atoms with Gasteiger partial charge in [0.1, 0.15) is 5.58 Å². The van der Waals surface area contributed by atoms with E-state index in [2.05, 4.69) is 26.0 Å². The van der Waals surface area contributed by atoms with Gasteiger partial charge in [0.05, 0.1) is 31.3 Å². The van der Waals surface area contributed by atoms with Gasteiger partial charge in [-0.05, 0) is 64.5 Å². The molecule has 9 heteroatoms. The molecule has 0 fully saturated rings. The topological polar surface area (TPSA) is 78.9 Å². The van der Waals surface area contributed by atoms with Gasteiger partial charge in [-0.3, -0.25) is 4.79 Å². The molecule has 2 heterocycles. The molecule has 0 bridgehead atoms. The minimum Gasteiger partial charge on any atom is -0.493 e. The first-order chi connectivity index (χ1) is 16.5. The van der Waals surface area contributed by atoms with Crippen LogP contribution in [0.25, 0.3) is 33.5 Å². The highest BCUT2D eigenvalue weighted by molar-refractivity contribution is 9.10. The molecule has 0 amide bonds. The summed E-state index contributed by atoms with van der Waals surface area (Å²) >= 11 is 9.64. The molecular formula is C25H17BrClN3O4. The lowest BCUT2D eigenvalue weighted by Crippen LogP contribution is -2.20. The minimum absolute atomic E-state index is 0.267. The molecule has 0 aliphatic rings. The second-order valence-corrected chi connectivity index (χ2v) is 8.63. The zero-order valence-electron chi connectivity index (χ0n) is 18.1. The van der Waals surface area contributed by atoms with Crippen LogP contribution in [0.4, 0.5) is 0 Å². The fraction of sp³-hybridized carbons (Fsp3) is 0.0800. The van der Waals surface area contributed by atoms with Crippen molar-refractivity contribution in [2.75, 3.05) is 14.2 Å². The Hall–Kier alpha value is -3.62. The number of benzene rings is 3. The van der Waals surface area contributed by atoms with Crippen LogP contribution in [0, 0.1) is 0 Å². The van der Waals surface area contributed by atoms with Crippen LogP contribution in [0.15, 0.2) is 79.4 Å². The molecule has 5 aromatic rings. The first-order valence-electron chi connectivity index (χ1n) is 10.2. The SMILES string of the molecule is COc1cc(Br)c(C=Nn2c(-c3cc4cc(Cl)ccc4o3)nc3ccccc3c2=O)cc1OC. The summed E-state index contributed by atoms with van der Waals surface area (Å²) in [5, 5.41) is 6.30. The predicted molar refractivity (Wildman–Crippen MR) is 136 cm³/mol. The van der Waals surface area contributed by atoms with Crippen LogP contribution < -0.4 is 15.0 Å². The standard InChI is InChI=1S/C25H17BrClN3O4/c1-32-21-11-15(18(26)12-22(21)33-2)13-28-30-24(29-19-6-4-3-5-17(19)25(30)31)23-10-14-9-16(27)7-8-20(14)34-23/h3-13H,1-2H3. The maximum atomic E-state index is 13.4. The fourth-order valence-corrected chi connectivity index (χ4v) is 4.21. The fourth-order valence-electron chi connectivity index (χ4n) is 3.60. The quantitative estimate of drug-likeness (QED) is 0.252. The van der Waals surface area contributed by atoms with E-state index in [0.29, 0.717) is 44.3 Å². The molecule has 2 aromatic heterocycles. The molecule has 0 radical (unpaired) electrons. The summed E-state index contributed by atoms with van der Waals surface area (Å²) in [4.78, 5) is 18.1. The highest BCUT2D eigenvalue weighted by atomic mass is 79.9. The van der Waals surface area contributed by atoms with E-state index in [1.165, 1.54) is 4.68 Å². The molecule has 170 valence electrons.